The largest absolute Gasteiger partial charge is 0.493 e. The predicted octanol–water partition coefficient (Wildman–Crippen LogP) is 6.40. The molecule has 0 radical (unpaired) electrons. The fourth-order valence-electron chi connectivity index (χ4n) is 4.22. The van der Waals surface area contributed by atoms with Gasteiger partial charge in [-0.15, -0.1) is 6.58 Å². The van der Waals surface area contributed by atoms with Crippen molar-refractivity contribution >= 4 is 44.6 Å². The molecule has 0 unspecified atom stereocenters. The maximum Gasteiger partial charge on any atom is 0.282 e. The summed E-state index contributed by atoms with van der Waals surface area (Å²) in [6.45, 7) is 11.6. The molecule has 41 heavy (non-hydrogen) atoms. The second-order valence-electron chi connectivity index (χ2n) is 10.6. The summed E-state index contributed by atoms with van der Waals surface area (Å²) in [5.74, 6) is 1.10. The van der Waals surface area contributed by atoms with Crippen LogP contribution in [0, 0.1) is 6.92 Å². The van der Waals surface area contributed by atoms with Gasteiger partial charge < -0.3 is 14.8 Å². The zero-order valence-corrected chi connectivity index (χ0v) is 25.4. The van der Waals surface area contributed by atoms with Crippen molar-refractivity contribution in [2.45, 2.75) is 39.5 Å². The van der Waals surface area contributed by atoms with Gasteiger partial charge in [0.25, 0.3) is 11.5 Å². The molecule has 0 saturated heterocycles. The highest BCUT2D eigenvalue weighted by atomic mass is 79.9. The third-order valence-electron chi connectivity index (χ3n) is 6.22. The van der Waals surface area contributed by atoms with E-state index in [0.717, 1.165) is 15.6 Å². The number of nitrogens with zero attached hydrogens (tertiary/aromatic N) is 3. The highest BCUT2D eigenvalue weighted by Crippen LogP contribution is 2.33. The molecule has 0 spiro atoms. The molecule has 0 saturated carbocycles. The summed E-state index contributed by atoms with van der Waals surface area (Å²) in [6, 6.07) is 16.6. The van der Waals surface area contributed by atoms with Crippen LogP contribution < -0.4 is 20.3 Å². The predicted molar refractivity (Wildman–Crippen MR) is 168 cm³/mol. The molecule has 4 rings (SSSR count). The molecule has 0 bridgehead atoms. The molecule has 9 heteroatoms. The van der Waals surface area contributed by atoms with E-state index in [2.05, 4.69) is 32.9 Å². The minimum Gasteiger partial charge on any atom is -0.493 e. The lowest BCUT2D eigenvalue weighted by molar-refractivity contribution is -0.118. The van der Waals surface area contributed by atoms with E-state index in [0.29, 0.717) is 45.9 Å². The van der Waals surface area contributed by atoms with Crippen molar-refractivity contribution in [2.24, 2.45) is 5.10 Å². The number of nitrogens with one attached hydrogen (secondary N) is 1. The molecule has 0 aliphatic carbocycles. The number of hydrogen-bond donors (Lipinski definition) is 1. The number of amides is 1. The van der Waals surface area contributed by atoms with E-state index in [1.165, 1.54) is 11.8 Å². The van der Waals surface area contributed by atoms with Gasteiger partial charge in [0.1, 0.15) is 5.82 Å². The highest BCUT2D eigenvalue weighted by Gasteiger charge is 2.23. The van der Waals surface area contributed by atoms with Crippen molar-refractivity contribution in [1.82, 2.24) is 9.66 Å². The first-order chi connectivity index (χ1) is 19.5. The Morgan fingerprint density at radius 2 is 1.88 bits per heavy atom. The van der Waals surface area contributed by atoms with Gasteiger partial charge in [0.2, 0.25) is 0 Å². The van der Waals surface area contributed by atoms with Crippen molar-refractivity contribution in [3.63, 3.8) is 0 Å². The van der Waals surface area contributed by atoms with E-state index >= 15 is 0 Å². The summed E-state index contributed by atoms with van der Waals surface area (Å²) < 4.78 is 13.7. The molecule has 0 atom stereocenters. The van der Waals surface area contributed by atoms with Gasteiger partial charge in [-0.2, -0.15) is 9.78 Å². The number of aryl methyl sites for hydroxylation is 1. The van der Waals surface area contributed by atoms with Crippen molar-refractivity contribution in [1.29, 1.82) is 0 Å². The number of methoxy groups -OCH3 is 1. The number of benzene rings is 3. The molecule has 4 aromatic rings. The van der Waals surface area contributed by atoms with Gasteiger partial charge in [0.05, 0.1) is 24.2 Å². The van der Waals surface area contributed by atoms with Crippen LogP contribution in [0.5, 0.6) is 11.5 Å². The first kappa shape index (κ1) is 29.7. The molecule has 212 valence electrons. The van der Waals surface area contributed by atoms with Crippen LogP contribution >= 0.6 is 15.9 Å². The molecule has 0 aliphatic rings. The first-order valence-corrected chi connectivity index (χ1v) is 13.9. The Balaban J connectivity index is 1.67. The number of aromatic nitrogens is 2. The minimum absolute atomic E-state index is 0.204. The van der Waals surface area contributed by atoms with Crippen LogP contribution in [0.15, 0.2) is 81.6 Å². The summed E-state index contributed by atoms with van der Waals surface area (Å²) in [5, 5.41) is 7.86. The molecule has 1 aromatic heterocycles. The second kappa shape index (κ2) is 12.5. The lowest BCUT2D eigenvalue weighted by Crippen LogP contribution is -2.29. The Labute approximate surface area is 247 Å². The quantitative estimate of drug-likeness (QED) is 0.173. The number of rotatable bonds is 9. The molecule has 1 heterocycles. The van der Waals surface area contributed by atoms with Gasteiger partial charge in [0.15, 0.2) is 18.1 Å². The van der Waals surface area contributed by atoms with Crippen LogP contribution in [0.4, 0.5) is 5.69 Å². The third-order valence-corrected chi connectivity index (χ3v) is 6.72. The van der Waals surface area contributed by atoms with E-state index in [4.69, 9.17) is 14.5 Å². The normalized spacial score (nSPS) is 11.6. The van der Waals surface area contributed by atoms with Gasteiger partial charge in [0, 0.05) is 21.1 Å². The summed E-state index contributed by atoms with van der Waals surface area (Å²) in [5.41, 5.74) is 3.12. The monoisotopic (exact) mass is 616 g/mol. The van der Waals surface area contributed by atoms with E-state index in [9.17, 15) is 9.59 Å². The van der Waals surface area contributed by atoms with E-state index in [1.54, 1.807) is 24.4 Å². The van der Waals surface area contributed by atoms with Crippen LogP contribution in [0.2, 0.25) is 0 Å². The molecule has 0 aliphatic heterocycles. The number of carbonyl (C=O) groups excluding carboxylic acids is 1. The average Bonchev–Trinajstić information content (AvgIpc) is 2.92. The summed E-state index contributed by atoms with van der Waals surface area (Å²) in [4.78, 5) is 30.8. The van der Waals surface area contributed by atoms with E-state index < -0.39 is 5.41 Å². The van der Waals surface area contributed by atoms with Crippen LogP contribution in [0.25, 0.3) is 10.9 Å². The number of ether oxygens (including phenoxy) is 2. The van der Waals surface area contributed by atoms with Crippen molar-refractivity contribution in [2.75, 3.05) is 19.0 Å². The van der Waals surface area contributed by atoms with Gasteiger partial charge in [-0.05, 0) is 61.4 Å². The summed E-state index contributed by atoms with van der Waals surface area (Å²) in [6.07, 6.45) is 3.79. The zero-order valence-electron chi connectivity index (χ0n) is 23.8. The summed E-state index contributed by atoms with van der Waals surface area (Å²) in [7, 11) is 1.53. The Morgan fingerprint density at radius 1 is 1.15 bits per heavy atom. The molecular formula is C32H33BrN4O4. The topological polar surface area (TPSA) is 94.8 Å². The fourth-order valence-corrected chi connectivity index (χ4v) is 4.58. The Bertz CT molecular complexity index is 1690. The standard InChI is InChI=1S/C32H33BrN4O4/c1-7-8-22-15-21(16-27(40-6)29(22)41-19-28(38)35-24-12-9-20(2)10-13-24)18-34-37-30(39)25-17-23(33)11-14-26(25)36-31(37)32(3,4)5/h7,9-18H,1,8,19H2,2-6H3,(H,35,38). The molecule has 1 amide bonds. The minimum atomic E-state index is -0.444. The summed E-state index contributed by atoms with van der Waals surface area (Å²) >= 11 is 3.44. The Kier molecular flexibility index (Phi) is 9.08. The number of halogens is 1. The Hall–Kier alpha value is -4.24. The Morgan fingerprint density at radius 3 is 2.54 bits per heavy atom. The van der Waals surface area contributed by atoms with Gasteiger partial charge >= 0.3 is 0 Å². The van der Waals surface area contributed by atoms with Crippen molar-refractivity contribution < 1.29 is 14.3 Å². The zero-order chi connectivity index (χ0) is 29.7. The fraction of sp³-hybridized carbons (Fsp3) is 0.250. The molecule has 0 fully saturated rings. The molecular weight excluding hydrogens is 584 g/mol. The molecule has 8 nitrogen and oxygen atoms in total. The van der Waals surface area contributed by atoms with Crippen molar-refractivity contribution in [3.05, 3.63) is 105 Å². The maximum atomic E-state index is 13.5. The number of fused-ring (bicyclic) bond motifs is 1. The number of allylic oxidation sites excluding steroid dienone is 1. The molecule has 1 N–H and O–H groups in total. The number of carbonyl (C=O) groups is 1. The maximum absolute atomic E-state index is 13.5. The van der Waals surface area contributed by atoms with E-state index in [1.807, 2.05) is 70.2 Å². The second-order valence-corrected chi connectivity index (χ2v) is 11.5. The van der Waals surface area contributed by atoms with Crippen molar-refractivity contribution in [3.8, 4) is 11.5 Å². The number of hydrogen-bond acceptors (Lipinski definition) is 6. The van der Waals surface area contributed by atoms with Crippen LogP contribution in [-0.2, 0) is 16.6 Å². The van der Waals surface area contributed by atoms with Gasteiger partial charge in [-0.25, -0.2) is 4.98 Å². The lowest BCUT2D eigenvalue weighted by Gasteiger charge is -2.21. The van der Waals surface area contributed by atoms with Crippen LogP contribution in [-0.4, -0.2) is 35.5 Å². The van der Waals surface area contributed by atoms with E-state index in [-0.39, 0.29) is 18.1 Å². The third kappa shape index (κ3) is 7.10. The van der Waals surface area contributed by atoms with Gasteiger partial charge in [-0.1, -0.05) is 60.5 Å². The lowest BCUT2D eigenvalue weighted by atomic mass is 9.95. The van der Waals surface area contributed by atoms with Crippen LogP contribution in [0.3, 0.4) is 0 Å². The first-order valence-electron chi connectivity index (χ1n) is 13.1. The SMILES string of the molecule is C=CCc1cc(C=Nn2c(C(C)(C)C)nc3ccc(Br)cc3c2=O)cc(OC)c1OCC(=O)Nc1ccc(C)cc1. The average molecular weight is 618 g/mol. The highest BCUT2D eigenvalue weighted by molar-refractivity contribution is 9.10. The van der Waals surface area contributed by atoms with Gasteiger partial charge in [-0.3, -0.25) is 9.59 Å². The van der Waals surface area contributed by atoms with Crippen LogP contribution in [0.1, 0.15) is 43.3 Å². The molecule has 3 aromatic carbocycles. The number of anilines is 1. The smallest absolute Gasteiger partial charge is 0.282 e.